The predicted molar refractivity (Wildman–Crippen MR) is 79.0 cm³/mol. The minimum absolute atomic E-state index is 0.178. The molecule has 19 heavy (non-hydrogen) atoms. The average molecular weight is 322 g/mol. The highest BCUT2D eigenvalue weighted by atomic mass is 35.5. The van der Waals surface area contributed by atoms with Gasteiger partial charge in [-0.3, -0.25) is 4.79 Å². The van der Waals surface area contributed by atoms with Gasteiger partial charge in [0.2, 0.25) is 0 Å². The summed E-state index contributed by atoms with van der Waals surface area (Å²) >= 11 is 13.3. The number of aliphatic carboxylic acids is 1. The molecule has 1 aliphatic carbocycles. The number of hydrogen-bond acceptors (Lipinski definition) is 3. The summed E-state index contributed by atoms with van der Waals surface area (Å²) in [5.74, 6) is -0.747. The summed E-state index contributed by atoms with van der Waals surface area (Å²) in [6.45, 7) is 0. The molecule has 3 N–H and O–H groups in total. The zero-order valence-corrected chi connectivity index (χ0v) is 12.8. The molecule has 0 aliphatic heterocycles. The first-order valence-electron chi connectivity index (χ1n) is 6.34. The third-order valence-corrected chi connectivity index (χ3v) is 5.44. The molecule has 0 bridgehead atoms. The largest absolute Gasteiger partial charge is 0.481 e. The molecular formula is C13H17Cl2NO2S. The van der Waals surface area contributed by atoms with Crippen molar-refractivity contribution in [1.29, 1.82) is 0 Å². The molecule has 106 valence electrons. The number of hydrogen-bond donors (Lipinski definition) is 2. The number of halogens is 2. The molecule has 2 rings (SSSR count). The minimum atomic E-state index is -0.747. The average Bonchev–Trinajstić information content (AvgIpc) is 2.85. The fraction of sp³-hybridized carbons (Fsp3) is 0.615. The SMILES string of the molecule is NC(CC1(CC(=O)O)CCCC1)c1cc(Cl)sc1Cl. The molecule has 1 aromatic rings. The van der Waals surface area contributed by atoms with Gasteiger partial charge >= 0.3 is 5.97 Å². The van der Waals surface area contributed by atoms with Crippen LogP contribution in [0.3, 0.4) is 0 Å². The lowest BCUT2D eigenvalue weighted by Gasteiger charge is -2.30. The van der Waals surface area contributed by atoms with E-state index in [1.165, 1.54) is 11.3 Å². The Labute approximate surface area is 126 Å². The molecule has 1 saturated carbocycles. The van der Waals surface area contributed by atoms with Crippen LogP contribution in [-0.2, 0) is 4.79 Å². The van der Waals surface area contributed by atoms with Crippen LogP contribution in [0.1, 0.15) is 50.1 Å². The molecule has 1 aliphatic rings. The molecule has 0 aromatic carbocycles. The van der Waals surface area contributed by atoms with Gasteiger partial charge in [-0.15, -0.1) is 11.3 Å². The lowest BCUT2D eigenvalue weighted by atomic mass is 9.76. The Kier molecular flexibility index (Phi) is 4.77. The number of rotatable bonds is 5. The Morgan fingerprint density at radius 2 is 2.11 bits per heavy atom. The normalized spacial score (nSPS) is 19.5. The van der Waals surface area contributed by atoms with Crippen LogP contribution >= 0.6 is 34.5 Å². The first-order valence-corrected chi connectivity index (χ1v) is 7.91. The van der Waals surface area contributed by atoms with Crippen LogP contribution in [0, 0.1) is 5.41 Å². The van der Waals surface area contributed by atoms with Crippen molar-refractivity contribution in [2.75, 3.05) is 0 Å². The minimum Gasteiger partial charge on any atom is -0.481 e. The van der Waals surface area contributed by atoms with E-state index in [4.69, 9.17) is 34.0 Å². The summed E-state index contributed by atoms with van der Waals surface area (Å²) in [5.41, 5.74) is 6.88. The van der Waals surface area contributed by atoms with Crippen LogP contribution in [0.4, 0.5) is 0 Å². The van der Waals surface area contributed by atoms with Crippen molar-refractivity contribution in [2.45, 2.75) is 44.6 Å². The van der Waals surface area contributed by atoms with Gasteiger partial charge in [-0.05, 0) is 36.3 Å². The van der Waals surface area contributed by atoms with Crippen LogP contribution in [0.2, 0.25) is 8.67 Å². The van der Waals surface area contributed by atoms with E-state index in [2.05, 4.69) is 0 Å². The van der Waals surface area contributed by atoms with Gasteiger partial charge in [0.1, 0.15) is 0 Å². The van der Waals surface area contributed by atoms with Gasteiger partial charge in [0.25, 0.3) is 0 Å². The van der Waals surface area contributed by atoms with Gasteiger partial charge in [0.15, 0.2) is 0 Å². The summed E-state index contributed by atoms with van der Waals surface area (Å²) in [4.78, 5) is 11.1. The Morgan fingerprint density at radius 1 is 1.47 bits per heavy atom. The highest BCUT2D eigenvalue weighted by Crippen LogP contribution is 2.48. The number of carboxylic acid groups (broad SMARTS) is 1. The molecule has 0 amide bonds. The topological polar surface area (TPSA) is 63.3 Å². The quantitative estimate of drug-likeness (QED) is 0.840. The summed E-state index contributed by atoms with van der Waals surface area (Å²) in [7, 11) is 0. The fourth-order valence-electron chi connectivity index (χ4n) is 3.08. The Morgan fingerprint density at radius 3 is 2.58 bits per heavy atom. The van der Waals surface area contributed by atoms with Gasteiger partial charge in [0, 0.05) is 6.04 Å². The fourth-order valence-corrected chi connectivity index (χ4v) is 4.68. The number of carboxylic acids is 1. The summed E-state index contributed by atoms with van der Waals surface area (Å²) < 4.78 is 1.23. The van der Waals surface area contributed by atoms with Crippen molar-refractivity contribution in [3.63, 3.8) is 0 Å². The van der Waals surface area contributed by atoms with E-state index >= 15 is 0 Å². The van der Waals surface area contributed by atoms with Crippen molar-refractivity contribution in [1.82, 2.24) is 0 Å². The van der Waals surface area contributed by atoms with Crippen molar-refractivity contribution in [3.8, 4) is 0 Å². The molecule has 1 atom stereocenters. The second kappa shape index (κ2) is 6.00. The molecule has 1 fully saturated rings. The highest BCUT2D eigenvalue weighted by Gasteiger charge is 2.38. The van der Waals surface area contributed by atoms with E-state index in [-0.39, 0.29) is 17.9 Å². The van der Waals surface area contributed by atoms with Crippen LogP contribution in [0.25, 0.3) is 0 Å². The van der Waals surface area contributed by atoms with Crippen molar-refractivity contribution < 1.29 is 9.90 Å². The van der Waals surface area contributed by atoms with Crippen molar-refractivity contribution in [3.05, 3.63) is 20.3 Å². The molecule has 1 heterocycles. The van der Waals surface area contributed by atoms with E-state index in [1.54, 1.807) is 6.07 Å². The standard InChI is InChI=1S/C13H17Cl2NO2S/c14-10-5-8(12(15)19-10)9(16)6-13(7-11(17)18)3-1-2-4-13/h5,9H,1-4,6-7,16H2,(H,17,18). The molecule has 3 nitrogen and oxygen atoms in total. The van der Waals surface area contributed by atoms with Gasteiger partial charge in [-0.2, -0.15) is 0 Å². The van der Waals surface area contributed by atoms with Gasteiger partial charge in [-0.1, -0.05) is 36.0 Å². The maximum atomic E-state index is 11.1. The third kappa shape index (κ3) is 3.63. The summed E-state index contributed by atoms with van der Waals surface area (Å²) in [6, 6.07) is 1.55. The number of nitrogens with two attached hydrogens (primary N) is 1. The monoisotopic (exact) mass is 321 g/mol. The van der Waals surface area contributed by atoms with E-state index < -0.39 is 5.97 Å². The number of carbonyl (C=O) groups is 1. The van der Waals surface area contributed by atoms with Crippen LogP contribution in [-0.4, -0.2) is 11.1 Å². The second-order valence-corrected chi connectivity index (χ2v) is 7.65. The zero-order valence-electron chi connectivity index (χ0n) is 10.5. The molecule has 6 heteroatoms. The smallest absolute Gasteiger partial charge is 0.303 e. The van der Waals surface area contributed by atoms with E-state index in [9.17, 15) is 4.79 Å². The highest BCUT2D eigenvalue weighted by molar-refractivity contribution is 7.20. The maximum absolute atomic E-state index is 11.1. The zero-order chi connectivity index (χ0) is 14.0. The van der Waals surface area contributed by atoms with Crippen LogP contribution in [0.5, 0.6) is 0 Å². The van der Waals surface area contributed by atoms with E-state index in [1.807, 2.05) is 0 Å². The Bertz CT molecular complexity index is 469. The lowest BCUT2D eigenvalue weighted by Crippen LogP contribution is -2.27. The lowest BCUT2D eigenvalue weighted by molar-refractivity contribution is -0.139. The van der Waals surface area contributed by atoms with E-state index in [0.717, 1.165) is 31.2 Å². The molecule has 0 radical (unpaired) electrons. The molecule has 1 aromatic heterocycles. The predicted octanol–water partition coefficient (Wildman–Crippen LogP) is 4.48. The summed E-state index contributed by atoms with van der Waals surface area (Å²) in [6.07, 6.45) is 4.88. The van der Waals surface area contributed by atoms with Crippen molar-refractivity contribution >= 4 is 40.5 Å². The van der Waals surface area contributed by atoms with Gasteiger partial charge in [0.05, 0.1) is 15.1 Å². The van der Waals surface area contributed by atoms with Gasteiger partial charge < -0.3 is 10.8 Å². The Balaban J connectivity index is 2.13. The molecule has 0 saturated heterocycles. The first-order chi connectivity index (χ1) is 8.92. The molecular weight excluding hydrogens is 305 g/mol. The first kappa shape index (κ1) is 15.1. The second-order valence-electron chi connectivity index (χ2n) is 5.37. The Hall–Kier alpha value is -0.290. The van der Waals surface area contributed by atoms with E-state index in [0.29, 0.717) is 15.1 Å². The third-order valence-electron chi connectivity index (χ3n) is 3.93. The summed E-state index contributed by atoms with van der Waals surface area (Å²) in [5, 5.41) is 9.10. The molecule has 0 spiro atoms. The molecule has 1 unspecified atom stereocenters. The van der Waals surface area contributed by atoms with Crippen LogP contribution < -0.4 is 5.73 Å². The van der Waals surface area contributed by atoms with Gasteiger partial charge in [-0.25, -0.2) is 0 Å². The maximum Gasteiger partial charge on any atom is 0.303 e. The number of thiophene rings is 1. The van der Waals surface area contributed by atoms with Crippen LogP contribution in [0.15, 0.2) is 6.07 Å². The van der Waals surface area contributed by atoms with Crippen molar-refractivity contribution in [2.24, 2.45) is 11.1 Å².